The molecule has 2 aromatic rings. The van der Waals surface area contributed by atoms with Crippen LogP contribution in [-0.2, 0) is 6.54 Å². The summed E-state index contributed by atoms with van der Waals surface area (Å²) >= 11 is 0. The van der Waals surface area contributed by atoms with E-state index in [0.29, 0.717) is 5.69 Å². The van der Waals surface area contributed by atoms with Gasteiger partial charge in [0.05, 0.1) is 11.0 Å². The van der Waals surface area contributed by atoms with Gasteiger partial charge in [0.2, 0.25) is 0 Å². The van der Waals surface area contributed by atoms with Gasteiger partial charge in [0, 0.05) is 12.6 Å². The Morgan fingerprint density at radius 2 is 2.16 bits per heavy atom. The Bertz CT molecular complexity index is 643. The Hall–Kier alpha value is -1.68. The molecule has 1 N–H and O–H groups in total. The topological polar surface area (TPSA) is 46.9 Å². The number of nitrogens with one attached hydrogen (secondary N) is 1. The van der Waals surface area contributed by atoms with Crippen LogP contribution in [0.25, 0.3) is 11.0 Å². The van der Waals surface area contributed by atoms with Crippen LogP contribution in [0.15, 0.2) is 29.1 Å². The fourth-order valence-electron chi connectivity index (χ4n) is 2.37. The van der Waals surface area contributed by atoms with Crippen LogP contribution in [0.2, 0.25) is 0 Å². The third-order valence-corrected chi connectivity index (χ3v) is 3.58. The predicted molar refractivity (Wildman–Crippen MR) is 76.4 cm³/mol. The van der Waals surface area contributed by atoms with Crippen molar-refractivity contribution in [1.29, 1.82) is 0 Å². The first-order chi connectivity index (χ1) is 9.25. The minimum atomic E-state index is 0.0325. The molecule has 1 aliphatic carbocycles. The van der Waals surface area contributed by atoms with Crippen LogP contribution in [0.5, 0.6) is 0 Å². The van der Waals surface area contributed by atoms with Gasteiger partial charge >= 0.3 is 0 Å². The van der Waals surface area contributed by atoms with E-state index in [4.69, 9.17) is 0 Å². The van der Waals surface area contributed by atoms with Gasteiger partial charge in [-0.3, -0.25) is 4.79 Å². The van der Waals surface area contributed by atoms with E-state index in [-0.39, 0.29) is 5.56 Å². The normalized spacial score (nSPS) is 15.0. The minimum Gasteiger partial charge on any atom is -0.314 e. The molecule has 1 aromatic heterocycles. The molecule has 0 amide bonds. The predicted octanol–water partition coefficient (Wildman–Crippen LogP) is 1.85. The Kier molecular flexibility index (Phi) is 3.34. The third kappa shape index (κ3) is 2.68. The zero-order valence-corrected chi connectivity index (χ0v) is 11.2. The fourth-order valence-corrected chi connectivity index (χ4v) is 2.37. The summed E-state index contributed by atoms with van der Waals surface area (Å²) in [7, 11) is 0. The molecule has 0 unspecified atom stereocenters. The number of hydrogen-bond donors (Lipinski definition) is 1. The fraction of sp³-hybridized carbons (Fsp3) is 0.467. The number of aryl methyl sites for hydroxylation is 2. The average molecular weight is 257 g/mol. The summed E-state index contributed by atoms with van der Waals surface area (Å²) in [5.41, 5.74) is 2.44. The lowest BCUT2D eigenvalue weighted by atomic mass is 10.2. The molecule has 1 aromatic carbocycles. The van der Waals surface area contributed by atoms with Crippen molar-refractivity contribution in [2.24, 2.45) is 0 Å². The molecule has 19 heavy (non-hydrogen) atoms. The molecule has 0 atom stereocenters. The van der Waals surface area contributed by atoms with Crippen molar-refractivity contribution >= 4 is 11.0 Å². The Morgan fingerprint density at radius 1 is 1.37 bits per heavy atom. The van der Waals surface area contributed by atoms with Gasteiger partial charge in [-0.2, -0.15) is 0 Å². The molecule has 0 aliphatic heterocycles. The number of fused-ring (bicyclic) bond motifs is 1. The van der Waals surface area contributed by atoms with Gasteiger partial charge in [0.25, 0.3) is 5.56 Å². The van der Waals surface area contributed by atoms with Gasteiger partial charge < -0.3 is 9.88 Å². The number of hydrogen-bond acceptors (Lipinski definition) is 3. The number of para-hydroxylation sites is 2. The summed E-state index contributed by atoms with van der Waals surface area (Å²) in [6, 6.07) is 8.57. The lowest BCUT2D eigenvalue weighted by Gasteiger charge is -2.11. The highest BCUT2D eigenvalue weighted by molar-refractivity contribution is 5.74. The lowest BCUT2D eigenvalue weighted by molar-refractivity contribution is 0.576. The first-order valence-corrected chi connectivity index (χ1v) is 6.95. The van der Waals surface area contributed by atoms with E-state index in [9.17, 15) is 4.79 Å². The summed E-state index contributed by atoms with van der Waals surface area (Å²) < 4.78 is 1.85. The second kappa shape index (κ2) is 5.13. The van der Waals surface area contributed by atoms with Crippen molar-refractivity contribution in [2.75, 3.05) is 6.54 Å². The highest BCUT2D eigenvalue weighted by Crippen LogP contribution is 2.18. The van der Waals surface area contributed by atoms with Crippen molar-refractivity contribution in [1.82, 2.24) is 14.9 Å². The quantitative estimate of drug-likeness (QED) is 0.831. The SMILES string of the molecule is Cc1nc2ccccc2n(CCCNC2CC2)c1=O. The molecule has 3 rings (SSSR count). The Labute approximate surface area is 112 Å². The highest BCUT2D eigenvalue weighted by Gasteiger charge is 2.19. The molecule has 100 valence electrons. The molecule has 0 bridgehead atoms. The van der Waals surface area contributed by atoms with Gasteiger partial charge in [0.15, 0.2) is 0 Å². The molecule has 1 fully saturated rings. The van der Waals surface area contributed by atoms with E-state index < -0.39 is 0 Å². The number of aromatic nitrogens is 2. The largest absolute Gasteiger partial charge is 0.314 e. The number of rotatable bonds is 5. The van der Waals surface area contributed by atoms with Crippen LogP contribution in [0.3, 0.4) is 0 Å². The molecular formula is C15H19N3O. The van der Waals surface area contributed by atoms with Crippen LogP contribution in [0.4, 0.5) is 0 Å². The van der Waals surface area contributed by atoms with Gasteiger partial charge in [-0.05, 0) is 44.9 Å². The Balaban J connectivity index is 1.83. The van der Waals surface area contributed by atoms with Crippen LogP contribution < -0.4 is 10.9 Å². The molecular weight excluding hydrogens is 238 g/mol. The van der Waals surface area contributed by atoms with Crippen molar-refractivity contribution < 1.29 is 0 Å². The molecule has 1 saturated carbocycles. The summed E-state index contributed by atoms with van der Waals surface area (Å²) in [5.74, 6) is 0. The van der Waals surface area contributed by atoms with Gasteiger partial charge in [-0.15, -0.1) is 0 Å². The van der Waals surface area contributed by atoms with Gasteiger partial charge in [-0.1, -0.05) is 12.1 Å². The highest BCUT2D eigenvalue weighted by atomic mass is 16.1. The monoisotopic (exact) mass is 257 g/mol. The maximum absolute atomic E-state index is 12.2. The maximum atomic E-state index is 12.2. The van der Waals surface area contributed by atoms with E-state index in [2.05, 4.69) is 10.3 Å². The first-order valence-electron chi connectivity index (χ1n) is 6.95. The second-order valence-corrected chi connectivity index (χ2v) is 5.22. The molecule has 1 heterocycles. The first kappa shape index (κ1) is 12.4. The Morgan fingerprint density at radius 3 is 2.95 bits per heavy atom. The van der Waals surface area contributed by atoms with Gasteiger partial charge in [-0.25, -0.2) is 4.98 Å². The van der Waals surface area contributed by atoms with Gasteiger partial charge in [0.1, 0.15) is 5.69 Å². The molecule has 0 saturated heterocycles. The zero-order chi connectivity index (χ0) is 13.2. The van der Waals surface area contributed by atoms with Crippen LogP contribution in [-0.4, -0.2) is 22.1 Å². The molecule has 1 aliphatic rings. The minimum absolute atomic E-state index is 0.0325. The van der Waals surface area contributed by atoms with E-state index in [1.807, 2.05) is 28.8 Å². The molecule has 0 spiro atoms. The summed E-state index contributed by atoms with van der Waals surface area (Å²) in [4.78, 5) is 16.6. The standard InChI is InChI=1S/C15H19N3O/c1-11-15(19)18(10-4-9-16-12-7-8-12)14-6-3-2-5-13(14)17-11/h2-3,5-6,12,16H,4,7-10H2,1H3. The number of nitrogens with zero attached hydrogens (tertiary/aromatic N) is 2. The summed E-state index contributed by atoms with van der Waals surface area (Å²) in [6.07, 6.45) is 3.58. The van der Waals surface area contributed by atoms with Crippen molar-refractivity contribution in [3.63, 3.8) is 0 Å². The smallest absolute Gasteiger partial charge is 0.272 e. The zero-order valence-electron chi connectivity index (χ0n) is 11.2. The third-order valence-electron chi connectivity index (χ3n) is 3.58. The van der Waals surface area contributed by atoms with Crippen LogP contribution >= 0.6 is 0 Å². The molecule has 0 radical (unpaired) electrons. The molecule has 4 heteroatoms. The van der Waals surface area contributed by atoms with E-state index in [0.717, 1.165) is 36.6 Å². The second-order valence-electron chi connectivity index (χ2n) is 5.22. The average Bonchev–Trinajstić information content (AvgIpc) is 3.22. The van der Waals surface area contributed by atoms with E-state index >= 15 is 0 Å². The lowest BCUT2D eigenvalue weighted by Crippen LogP contribution is -2.26. The van der Waals surface area contributed by atoms with Crippen LogP contribution in [0, 0.1) is 6.92 Å². The van der Waals surface area contributed by atoms with Crippen molar-refractivity contribution in [3.8, 4) is 0 Å². The van der Waals surface area contributed by atoms with E-state index in [1.165, 1.54) is 12.8 Å². The summed E-state index contributed by atoms with van der Waals surface area (Å²) in [6.45, 7) is 3.52. The maximum Gasteiger partial charge on any atom is 0.272 e. The molecule has 4 nitrogen and oxygen atoms in total. The van der Waals surface area contributed by atoms with Crippen molar-refractivity contribution in [3.05, 3.63) is 40.3 Å². The number of benzene rings is 1. The van der Waals surface area contributed by atoms with Crippen LogP contribution in [0.1, 0.15) is 25.0 Å². The van der Waals surface area contributed by atoms with Crippen molar-refractivity contribution in [2.45, 2.75) is 38.8 Å². The van der Waals surface area contributed by atoms with E-state index in [1.54, 1.807) is 6.92 Å². The summed E-state index contributed by atoms with van der Waals surface area (Å²) in [5, 5.41) is 3.48.